The zero-order valence-corrected chi connectivity index (χ0v) is 26.8. The monoisotopic (exact) mass is 606 g/mol. The average molecular weight is 607 g/mol. The van der Waals surface area contributed by atoms with Gasteiger partial charge in [0.15, 0.2) is 11.6 Å². The van der Waals surface area contributed by atoms with Crippen LogP contribution in [0.4, 0.5) is 0 Å². The summed E-state index contributed by atoms with van der Waals surface area (Å²) in [6.07, 6.45) is 6.37. The van der Waals surface area contributed by atoms with E-state index in [1.54, 1.807) is 0 Å². The molecule has 5 aromatic carbocycles. The van der Waals surface area contributed by atoms with Crippen LogP contribution in [0.1, 0.15) is 31.9 Å². The van der Waals surface area contributed by atoms with Gasteiger partial charge >= 0.3 is 0 Å². The van der Waals surface area contributed by atoms with Gasteiger partial charge in [-0.25, -0.2) is 4.98 Å². The van der Waals surface area contributed by atoms with Gasteiger partial charge in [-0.2, -0.15) is 9.97 Å². The highest BCUT2D eigenvalue weighted by Gasteiger charge is 2.37. The van der Waals surface area contributed by atoms with Gasteiger partial charge in [0.05, 0.1) is 11.0 Å². The van der Waals surface area contributed by atoms with E-state index in [9.17, 15) is 0 Å². The second-order valence-electron chi connectivity index (χ2n) is 12.5. The highest BCUT2D eigenvalue weighted by molar-refractivity contribution is 6.16. The molecular formula is C43H34N4. The van der Waals surface area contributed by atoms with Gasteiger partial charge in [0.2, 0.25) is 5.95 Å². The summed E-state index contributed by atoms with van der Waals surface area (Å²) in [5, 5.41) is 2.37. The molecule has 0 aliphatic heterocycles. The fourth-order valence-corrected chi connectivity index (χ4v) is 7.15. The summed E-state index contributed by atoms with van der Waals surface area (Å²) in [7, 11) is 0. The Hall–Kier alpha value is -5.87. The minimum Gasteiger partial charge on any atom is -0.278 e. The van der Waals surface area contributed by atoms with Crippen LogP contribution in [0.2, 0.25) is 0 Å². The molecule has 0 atom stereocenters. The summed E-state index contributed by atoms with van der Waals surface area (Å²) in [5.41, 5.74) is 11.1. The Morgan fingerprint density at radius 3 is 1.85 bits per heavy atom. The lowest BCUT2D eigenvalue weighted by atomic mass is 9.81. The van der Waals surface area contributed by atoms with Crippen LogP contribution in [0, 0.1) is 0 Å². The molecule has 226 valence electrons. The first-order chi connectivity index (χ1) is 23.0. The molecule has 0 N–H and O–H groups in total. The Labute approximate surface area is 275 Å². The van der Waals surface area contributed by atoms with E-state index in [2.05, 4.69) is 129 Å². The summed E-state index contributed by atoms with van der Waals surface area (Å²) < 4.78 is 2.20. The fraction of sp³-hybridized carbons (Fsp3) is 0.0930. The summed E-state index contributed by atoms with van der Waals surface area (Å²) >= 11 is 0. The highest BCUT2D eigenvalue weighted by atomic mass is 15.2. The topological polar surface area (TPSA) is 43.6 Å². The molecule has 0 saturated carbocycles. The van der Waals surface area contributed by atoms with Crippen molar-refractivity contribution in [3.63, 3.8) is 0 Å². The number of fused-ring (bicyclic) bond motifs is 5. The van der Waals surface area contributed by atoms with E-state index in [0.717, 1.165) is 33.1 Å². The van der Waals surface area contributed by atoms with Gasteiger partial charge in [-0.1, -0.05) is 148 Å². The van der Waals surface area contributed by atoms with Crippen LogP contribution in [0.3, 0.4) is 0 Å². The van der Waals surface area contributed by atoms with Crippen molar-refractivity contribution < 1.29 is 0 Å². The summed E-state index contributed by atoms with van der Waals surface area (Å²) in [6, 6.07) is 42.1. The van der Waals surface area contributed by atoms with Crippen molar-refractivity contribution in [1.29, 1.82) is 0 Å². The third-order valence-corrected chi connectivity index (χ3v) is 9.39. The Morgan fingerprint density at radius 2 is 1.19 bits per heavy atom. The summed E-state index contributed by atoms with van der Waals surface area (Å²) in [5.74, 6) is 1.85. The first kappa shape index (κ1) is 28.6. The average Bonchev–Trinajstić information content (AvgIpc) is 3.57. The van der Waals surface area contributed by atoms with Crippen molar-refractivity contribution in [3.8, 4) is 39.9 Å². The molecule has 8 rings (SSSR count). The number of para-hydroxylation sites is 1. The first-order valence-electron chi connectivity index (χ1n) is 16.0. The van der Waals surface area contributed by atoms with Crippen molar-refractivity contribution >= 4 is 27.4 Å². The predicted molar refractivity (Wildman–Crippen MR) is 195 cm³/mol. The maximum absolute atomic E-state index is 5.18. The normalized spacial score (nSPS) is 13.9. The van der Waals surface area contributed by atoms with Crippen LogP contribution in [0.25, 0.3) is 67.2 Å². The van der Waals surface area contributed by atoms with E-state index in [-0.39, 0.29) is 5.41 Å². The molecule has 0 bridgehead atoms. The van der Waals surface area contributed by atoms with Crippen LogP contribution in [0.15, 0.2) is 152 Å². The molecule has 0 spiro atoms. The van der Waals surface area contributed by atoms with Gasteiger partial charge in [0, 0.05) is 27.3 Å². The van der Waals surface area contributed by atoms with E-state index < -0.39 is 0 Å². The third-order valence-electron chi connectivity index (χ3n) is 9.39. The molecule has 2 aromatic heterocycles. The number of benzene rings is 5. The summed E-state index contributed by atoms with van der Waals surface area (Å²) in [4.78, 5) is 15.3. The maximum atomic E-state index is 5.18. The molecular weight excluding hydrogens is 573 g/mol. The molecule has 4 heteroatoms. The highest BCUT2D eigenvalue weighted by Crippen LogP contribution is 2.51. The van der Waals surface area contributed by atoms with Gasteiger partial charge in [-0.05, 0) is 52.5 Å². The molecule has 0 radical (unpaired) electrons. The maximum Gasteiger partial charge on any atom is 0.238 e. The van der Waals surface area contributed by atoms with Gasteiger partial charge < -0.3 is 0 Å². The molecule has 0 amide bonds. The lowest BCUT2D eigenvalue weighted by Crippen LogP contribution is -2.16. The molecule has 1 aliphatic rings. The van der Waals surface area contributed by atoms with Crippen molar-refractivity contribution in [2.24, 2.45) is 0 Å². The van der Waals surface area contributed by atoms with E-state index >= 15 is 0 Å². The number of nitrogens with zero attached hydrogens (tertiary/aromatic N) is 4. The predicted octanol–water partition coefficient (Wildman–Crippen LogP) is 10.8. The third kappa shape index (κ3) is 4.56. The number of aromatic nitrogens is 4. The number of hydrogen-bond donors (Lipinski definition) is 0. The SMILES string of the molecule is C=CC1=C(/C=C\C)c2c(ccc3c2c2ccccc2n3-c2nc(-c3ccccc3)nc(-c3ccc(-c4ccccc4)cc3)n2)C1(C)C. The van der Waals surface area contributed by atoms with Crippen LogP contribution in [0.5, 0.6) is 0 Å². The number of rotatable bonds is 6. The molecule has 2 heterocycles. The second-order valence-corrected chi connectivity index (χ2v) is 12.5. The molecule has 7 aromatic rings. The molecule has 4 nitrogen and oxygen atoms in total. The van der Waals surface area contributed by atoms with Gasteiger partial charge in [-0.15, -0.1) is 0 Å². The Bertz CT molecular complexity index is 2380. The van der Waals surface area contributed by atoms with E-state index in [1.165, 1.54) is 33.2 Å². The molecule has 1 aliphatic carbocycles. The van der Waals surface area contributed by atoms with Crippen LogP contribution in [-0.2, 0) is 5.41 Å². The van der Waals surface area contributed by atoms with Crippen molar-refractivity contribution in [3.05, 3.63) is 163 Å². The van der Waals surface area contributed by atoms with E-state index in [4.69, 9.17) is 15.0 Å². The molecule has 0 fully saturated rings. The van der Waals surface area contributed by atoms with Gasteiger partial charge in [0.1, 0.15) is 0 Å². The van der Waals surface area contributed by atoms with Crippen molar-refractivity contribution in [1.82, 2.24) is 19.5 Å². The van der Waals surface area contributed by atoms with E-state index in [0.29, 0.717) is 17.6 Å². The minimum absolute atomic E-state index is 0.171. The second kappa shape index (κ2) is 11.2. The Kier molecular flexibility index (Phi) is 6.80. The molecule has 47 heavy (non-hydrogen) atoms. The quantitative estimate of drug-likeness (QED) is 0.189. The fourth-order valence-electron chi connectivity index (χ4n) is 7.15. The lowest BCUT2D eigenvalue weighted by molar-refractivity contribution is 0.655. The summed E-state index contributed by atoms with van der Waals surface area (Å²) in [6.45, 7) is 10.9. The van der Waals surface area contributed by atoms with Crippen LogP contribution in [-0.4, -0.2) is 19.5 Å². The van der Waals surface area contributed by atoms with E-state index in [1.807, 2.05) is 42.5 Å². The van der Waals surface area contributed by atoms with Gasteiger partial charge in [-0.3, -0.25) is 4.57 Å². The number of allylic oxidation sites excluding steroid dienone is 5. The Morgan fingerprint density at radius 1 is 0.617 bits per heavy atom. The lowest BCUT2D eigenvalue weighted by Gasteiger charge is -2.22. The smallest absolute Gasteiger partial charge is 0.238 e. The number of hydrogen-bond acceptors (Lipinski definition) is 3. The van der Waals surface area contributed by atoms with Crippen LogP contribution < -0.4 is 0 Å². The minimum atomic E-state index is -0.171. The Balaban J connectivity index is 1.40. The molecule has 0 saturated heterocycles. The van der Waals surface area contributed by atoms with Crippen LogP contribution >= 0.6 is 0 Å². The zero-order chi connectivity index (χ0) is 32.1. The first-order valence-corrected chi connectivity index (χ1v) is 16.0. The molecule has 0 unspecified atom stereocenters. The zero-order valence-electron chi connectivity index (χ0n) is 26.8. The van der Waals surface area contributed by atoms with Crippen molar-refractivity contribution in [2.75, 3.05) is 0 Å². The standard InChI is InChI=1S/C43H34N4/c1-5-15-32-34(6-2)43(3,4)35-26-27-37-39(38(32)35)33-20-13-14-21-36(33)47(37)42-45-40(30-18-11-8-12-19-30)44-41(46-42)31-24-22-29(23-25-31)28-16-9-7-10-17-28/h5-27H,2H2,1,3-4H3/b15-5-. The largest absolute Gasteiger partial charge is 0.278 e. The van der Waals surface area contributed by atoms with Crippen molar-refractivity contribution in [2.45, 2.75) is 26.2 Å². The van der Waals surface area contributed by atoms with Gasteiger partial charge in [0.25, 0.3) is 0 Å².